The van der Waals surface area contributed by atoms with Crippen LogP contribution in [0.3, 0.4) is 0 Å². The molecule has 3 rings (SSSR count). The number of H-pyrrole nitrogens is 1. The third kappa shape index (κ3) is 2.83. The van der Waals surface area contributed by atoms with Gasteiger partial charge in [0.25, 0.3) is 0 Å². The van der Waals surface area contributed by atoms with Gasteiger partial charge in [-0.25, -0.2) is 0 Å². The van der Waals surface area contributed by atoms with Crippen molar-refractivity contribution >= 4 is 26.8 Å². The maximum absolute atomic E-state index is 9.60. The lowest BCUT2D eigenvalue weighted by Gasteiger charge is -2.11. The van der Waals surface area contributed by atoms with Gasteiger partial charge in [0.05, 0.1) is 4.47 Å². The lowest BCUT2D eigenvalue weighted by molar-refractivity contribution is 0.459. The molecule has 0 aliphatic heterocycles. The summed E-state index contributed by atoms with van der Waals surface area (Å²) in [6, 6.07) is 9.38. The maximum Gasteiger partial charge on any atom is 0.144 e. The molecule has 22 heavy (non-hydrogen) atoms. The van der Waals surface area contributed by atoms with Gasteiger partial charge in [0.15, 0.2) is 0 Å². The van der Waals surface area contributed by atoms with Crippen LogP contribution in [0.25, 0.3) is 10.9 Å². The van der Waals surface area contributed by atoms with E-state index in [0.717, 1.165) is 39.9 Å². The van der Waals surface area contributed by atoms with Gasteiger partial charge in [0.2, 0.25) is 0 Å². The summed E-state index contributed by atoms with van der Waals surface area (Å²) in [6.07, 6.45) is 4.23. The first-order valence-electron chi connectivity index (χ1n) is 7.35. The SMILES string of the molecule is CCCc1c[nH]c2ccc(Oc3c(C)cc(O)cc3Br)cc12. The molecule has 0 fully saturated rings. The van der Waals surface area contributed by atoms with Crippen LogP contribution in [0.2, 0.25) is 0 Å². The molecule has 114 valence electrons. The number of halogens is 1. The van der Waals surface area contributed by atoms with Crippen LogP contribution in [-0.2, 0) is 6.42 Å². The first-order chi connectivity index (χ1) is 10.6. The highest BCUT2D eigenvalue weighted by Crippen LogP contribution is 2.37. The summed E-state index contributed by atoms with van der Waals surface area (Å²) in [4.78, 5) is 3.30. The van der Waals surface area contributed by atoms with Gasteiger partial charge >= 0.3 is 0 Å². The zero-order valence-electron chi connectivity index (χ0n) is 12.6. The molecule has 2 N–H and O–H groups in total. The van der Waals surface area contributed by atoms with E-state index in [2.05, 4.69) is 40.1 Å². The Hall–Kier alpha value is -1.94. The van der Waals surface area contributed by atoms with Crippen LogP contribution in [0.1, 0.15) is 24.5 Å². The zero-order valence-corrected chi connectivity index (χ0v) is 14.2. The first-order valence-corrected chi connectivity index (χ1v) is 8.14. The molecule has 0 spiro atoms. The first kappa shape index (κ1) is 15.0. The summed E-state index contributed by atoms with van der Waals surface area (Å²) in [5.74, 6) is 1.74. The van der Waals surface area contributed by atoms with E-state index in [1.165, 1.54) is 10.9 Å². The van der Waals surface area contributed by atoms with Crippen LogP contribution in [0.15, 0.2) is 41.0 Å². The monoisotopic (exact) mass is 359 g/mol. The van der Waals surface area contributed by atoms with Gasteiger partial charge in [-0.05, 0) is 70.7 Å². The van der Waals surface area contributed by atoms with E-state index < -0.39 is 0 Å². The fourth-order valence-electron chi connectivity index (χ4n) is 2.66. The van der Waals surface area contributed by atoms with Crippen LogP contribution in [0.4, 0.5) is 0 Å². The lowest BCUT2D eigenvalue weighted by atomic mass is 10.1. The van der Waals surface area contributed by atoms with E-state index in [-0.39, 0.29) is 5.75 Å². The van der Waals surface area contributed by atoms with Crippen molar-refractivity contribution in [1.29, 1.82) is 0 Å². The molecule has 0 saturated heterocycles. The molecule has 1 aromatic heterocycles. The van der Waals surface area contributed by atoms with Crippen LogP contribution in [0.5, 0.6) is 17.2 Å². The number of rotatable bonds is 4. The number of aromatic nitrogens is 1. The van der Waals surface area contributed by atoms with Crippen molar-refractivity contribution in [3.05, 3.63) is 52.1 Å². The van der Waals surface area contributed by atoms with E-state index >= 15 is 0 Å². The topological polar surface area (TPSA) is 45.2 Å². The average molecular weight is 360 g/mol. The normalized spacial score (nSPS) is 11.0. The molecule has 3 aromatic rings. The molecule has 0 amide bonds. The smallest absolute Gasteiger partial charge is 0.144 e. The molecule has 0 unspecified atom stereocenters. The molecule has 4 heteroatoms. The summed E-state index contributed by atoms with van der Waals surface area (Å²) >= 11 is 3.45. The van der Waals surface area contributed by atoms with Gasteiger partial charge in [0.1, 0.15) is 17.2 Å². The van der Waals surface area contributed by atoms with E-state index in [1.807, 2.05) is 19.1 Å². The highest BCUT2D eigenvalue weighted by Gasteiger charge is 2.10. The second-order valence-corrected chi connectivity index (χ2v) is 6.30. The number of hydrogen-bond acceptors (Lipinski definition) is 2. The summed E-state index contributed by atoms with van der Waals surface area (Å²) in [5.41, 5.74) is 3.32. The molecule has 0 bridgehead atoms. The standard InChI is InChI=1S/C18H18BrNO2/c1-3-4-12-10-20-17-6-5-14(9-15(12)17)22-18-11(2)7-13(21)8-16(18)19/h5-10,20-21H,3-4H2,1-2H3. The molecule has 0 saturated carbocycles. The van der Waals surface area contributed by atoms with Gasteiger partial charge in [-0.2, -0.15) is 0 Å². The number of phenols is 1. The molecule has 3 nitrogen and oxygen atoms in total. The quantitative estimate of drug-likeness (QED) is 0.628. The largest absolute Gasteiger partial charge is 0.508 e. The summed E-state index contributed by atoms with van der Waals surface area (Å²) < 4.78 is 6.78. The molecule has 1 heterocycles. The van der Waals surface area contributed by atoms with Crippen LogP contribution in [-0.4, -0.2) is 10.1 Å². The van der Waals surface area contributed by atoms with Crippen LogP contribution in [0, 0.1) is 6.92 Å². The fourth-order valence-corrected chi connectivity index (χ4v) is 3.29. The minimum absolute atomic E-state index is 0.225. The fraction of sp³-hybridized carbons (Fsp3) is 0.222. The molecule has 0 atom stereocenters. The predicted molar refractivity (Wildman–Crippen MR) is 92.9 cm³/mol. The Labute approximate surface area is 138 Å². The van der Waals surface area contributed by atoms with Crippen LogP contribution >= 0.6 is 15.9 Å². The Bertz CT molecular complexity index is 800. The highest BCUT2D eigenvalue weighted by molar-refractivity contribution is 9.10. The van der Waals surface area contributed by atoms with E-state index in [4.69, 9.17) is 4.74 Å². The number of phenolic OH excluding ortho intramolecular Hbond substituents is 1. The lowest BCUT2D eigenvalue weighted by Crippen LogP contribution is -1.89. The number of aryl methyl sites for hydroxylation is 2. The second-order valence-electron chi connectivity index (χ2n) is 5.45. The van der Waals surface area contributed by atoms with E-state index in [0.29, 0.717) is 0 Å². The molecule has 0 aliphatic carbocycles. The van der Waals surface area contributed by atoms with Gasteiger partial charge < -0.3 is 14.8 Å². The second kappa shape index (κ2) is 6.05. The van der Waals surface area contributed by atoms with Gasteiger partial charge in [0, 0.05) is 17.1 Å². The Balaban J connectivity index is 1.99. The number of aromatic amines is 1. The van der Waals surface area contributed by atoms with Crippen molar-refractivity contribution < 1.29 is 9.84 Å². The Morgan fingerprint density at radius 2 is 2.05 bits per heavy atom. The van der Waals surface area contributed by atoms with Crippen molar-refractivity contribution in [3.8, 4) is 17.2 Å². The molecule has 2 aromatic carbocycles. The Kier molecular flexibility index (Phi) is 4.12. The number of ether oxygens (including phenoxy) is 1. The van der Waals surface area contributed by atoms with E-state index in [9.17, 15) is 5.11 Å². The zero-order chi connectivity index (χ0) is 15.7. The van der Waals surface area contributed by atoms with Crippen LogP contribution < -0.4 is 4.74 Å². The van der Waals surface area contributed by atoms with Crippen molar-refractivity contribution in [1.82, 2.24) is 4.98 Å². The van der Waals surface area contributed by atoms with Gasteiger partial charge in [-0.3, -0.25) is 0 Å². The predicted octanol–water partition coefficient (Wildman–Crippen LogP) is 5.69. The van der Waals surface area contributed by atoms with E-state index in [1.54, 1.807) is 12.1 Å². The number of hydrogen-bond donors (Lipinski definition) is 2. The Morgan fingerprint density at radius 3 is 2.77 bits per heavy atom. The van der Waals surface area contributed by atoms with Gasteiger partial charge in [-0.15, -0.1) is 0 Å². The average Bonchev–Trinajstić information content (AvgIpc) is 2.86. The molecule has 0 radical (unpaired) electrons. The number of nitrogens with one attached hydrogen (secondary N) is 1. The third-order valence-corrected chi connectivity index (χ3v) is 4.28. The minimum Gasteiger partial charge on any atom is -0.508 e. The van der Waals surface area contributed by atoms with Crippen molar-refractivity contribution in [2.24, 2.45) is 0 Å². The minimum atomic E-state index is 0.225. The van der Waals surface area contributed by atoms with Crippen molar-refractivity contribution in [2.45, 2.75) is 26.7 Å². The van der Waals surface area contributed by atoms with Crippen molar-refractivity contribution in [3.63, 3.8) is 0 Å². The molecular weight excluding hydrogens is 342 g/mol. The highest BCUT2D eigenvalue weighted by atomic mass is 79.9. The molecular formula is C18H18BrNO2. The number of aromatic hydroxyl groups is 1. The van der Waals surface area contributed by atoms with Crippen molar-refractivity contribution in [2.75, 3.05) is 0 Å². The number of benzene rings is 2. The maximum atomic E-state index is 9.60. The summed E-state index contributed by atoms with van der Waals surface area (Å²) in [7, 11) is 0. The summed E-state index contributed by atoms with van der Waals surface area (Å²) in [6.45, 7) is 4.09. The number of fused-ring (bicyclic) bond motifs is 1. The van der Waals surface area contributed by atoms with Gasteiger partial charge in [-0.1, -0.05) is 13.3 Å². The molecule has 0 aliphatic rings. The summed E-state index contributed by atoms with van der Waals surface area (Å²) in [5, 5.41) is 10.8. The Morgan fingerprint density at radius 1 is 1.23 bits per heavy atom. The third-order valence-electron chi connectivity index (χ3n) is 3.69.